The molecule has 6 rings (SSSR count). The Bertz CT molecular complexity index is 833. The number of anilines is 1. The molecule has 0 radical (unpaired) electrons. The highest BCUT2D eigenvalue weighted by Gasteiger charge is 2.51. The van der Waals surface area contributed by atoms with Gasteiger partial charge in [-0.3, -0.25) is 10.2 Å². The van der Waals surface area contributed by atoms with Crippen molar-refractivity contribution in [2.45, 2.75) is 18.4 Å². The van der Waals surface area contributed by atoms with E-state index in [1.807, 2.05) is 0 Å². The first-order chi connectivity index (χ1) is 11.7. The van der Waals surface area contributed by atoms with Gasteiger partial charge in [-0.25, -0.2) is 19.4 Å². The largest absolute Gasteiger partial charge is 0.455 e. The Morgan fingerprint density at radius 3 is 2.96 bits per heavy atom. The molecule has 4 aliphatic rings. The Morgan fingerprint density at radius 2 is 2.17 bits per heavy atom. The van der Waals surface area contributed by atoms with Crippen LogP contribution in [0.2, 0.25) is 0 Å². The number of piperidine rings is 3. The van der Waals surface area contributed by atoms with Gasteiger partial charge in [0, 0.05) is 18.7 Å². The minimum Gasteiger partial charge on any atom is -0.455 e. The summed E-state index contributed by atoms with van der Waals surface area (Å²) in [6.45, 7) is 3.95. The van der Waals surface area contributed by atoms with Gasteiger partial charge in [0.15, 0.2) is 0 Å². The smallest absolute Gasteiger partial charge is 0.292 e. The molecule has 2 aromatic rings. The number of nitrogens with one attached hydrogen (secondary N) is 1. The molecule has 0 saturated carbocycles. The van der Waals surface area contributed by atoms with Crippen LogP contribution in [0.4, 0.5) is 10.3 Å². The maximum atomic E-state index is 13.7. The number of hydrogen-bond donors (Lipinski definition) is 1. The molecule has 1 N–H and O–H groups in total. The standard InChI is InChI=1S/C17H18FN5O/c18-13-2-1-3-14-12(13)8-19-15(21-14)22-16-20-9-17(24-16)10-23-6-4-11(17)5-7-23/h1-3,8,11H,4-7,9-10H2,(H,19,20,21,22). The Morgan fingerprint density at radius 1 is 1.29 bits per heavy atom. The van der Waals surface area contributed by atoms with Gasteiger partial charge in [0.1, 0.15) is 11.4 Å². The van der Waals surface area contributed by atoms with E-state index in [0.29, 0.717) is 35.3 Å². The van der Waals surface area contributed by atoms with Crippen LogP contribution in [0.3, 0.4) is 0 Å². The first-order valence-corrected chi connectivity index (χ1v) is 8.36. The third-order valence-electron chi connectivity index (χ3n) is 5.40. The number of rotatable bonds is 1. The van der Waals surface area contributed by atoms with E-state index in [2.05, 4.69) is 25.2 Å². The highest BCUT2D eigenvalue weighted by Crippen LogP contribution is 2.40. The predicted molar refractivity (Wildman–Crippen MR) is 88.4 cm³/mol. The van der Waals surface area contributed by atoms with E-state index in [0.717, 1.165) is 19.6 Å². The van der Waals surface area contributed by atoms with Crippen molar-refractivity contribution in [1.82, 2.24) is 14.9 Å². The Balaban J connectivity index is 1.36. The lowest BCUT2D eigenvalue weighted by molar-refractivity contribution is -0.0829. The van der Waals surface area contributed by atoms with Gasteiger partial charge in [0.25, 0.3) is 6.02 Å². The van der Waals surface area contributed by atoms with Crippen molar-refractivity contribution in [1.29, 1.82) is 0 Å². The molecular weight excluding hydrogens is 309 g/mol. The summed E-state index contributed by atoms with van der Waals surface area (Å²) in [5, 5.41) is 3.46. The summed E-state index contributed by atoms with van der Waals surface area (Å²) >= 11 is 0. The fraction of sp³-hybridized carbons (Fsp3) is 0.471. The van der Waals surface area contributed by atoms with E-state index in [9.17, 15) is 4.39 Å². The van der Waals surface area contributed by atoms with Crippen LogP contribution in [0, 0.1) is 11.7 Å². The fourth-order valence-electron chi connectivity index (χ4n) is 4.12. The topological polar surface area (TPSA) is 62.6 Å². The molecule has 24 heavy (non-hydrogen) atoms. The summed E-state index contributed by atoms with van der Waals surface area (Å²) < 4.78 is 19.9. The minimum absolute atomic E-state index is 0.193. The third kappa shape index (κ3) is 2.15. The van der Waals surface area contributed by atoms with Crippen LogP contribution in [0.25, 0.3) is 10.9 Å². The van der Waals surface area contributed by atoms with Gasteiger partial charge in [-0.2, -0.15) is 0 Å². The first kappa shape index (κ1) is 14.1. The molecule has 1 aromatic carbocycles. The van der Waals surface area contributed by atoms with Gasteiger partial charge >= 0.3 is 0 Å². The van der Waals surface area contributed by atoms with E-state index >= 15 is 0 Å². The molecule has 124 valence electrons. The predicted octanol–water partition coefficient (Wildman–Crippen LogP) is 2.03. The molecule has 7 heteroatoms. The van der Waals surface area contributed by atoms with E-state index < -0.39 is 0 Å². The maximum Gasteiger partial charge on any atom is 0.292 e. The van der Waals surface area contributed by atoms with E-state index in [-0.39, 0.29) is 11.4 Å². The van der Waals surface area contributed by atoms with Crippen molar-refractivity contribution < 1.29 is 9.13 Å². The number of ether oxygens (including phenoxy) is 1. The van der Waals surface area contributed by atoms with Gasteiger partial charge in [-0.15, -0.1) is 0 Å². The Hall–Kier alpha value is -2.28. The van der Waals surface area contributed by atoms with Gasteiger partial charge in [0.05, 0.1) is 17.4 Å². The van der Waals surface area contributed by atoms with Crippen LogP contribution in [-0.4, -0.2) is 52.7 Å². The summed E-state index contributed by atoms with van der Waals surface area (Å²) in [6.07, 6.45) is 3.84. The van der Waals surface area contributed by atoms with Crippen molar-refractivity contribution in [2.75, 3.05) is 31.5 Å². The minimum atomic E-state index is -0.320. The maximum absolute atomic E-state index is 13.7. The van der Waals surface area contributed by atoms with Crippen molar-refractivity contribution in [3.8, 4) is 0 Å². The highest BCUT2D eigenvalue weighted by atomic mass is 19.1. The lowest BCUT2D eigenvalue weighted by Gasteiger charge is -2.50. The van der Waals surface area contributed by atoms with Crippen molar-refractivity contribution >= 4 is 22.9 Å². The lowest BCUT2D eigenvalue weighted by atomic mass is 9.75. The molecule has 1 spiro atoms. The van der Waals surface area contributed by atoms with Crippen molar-refractivity contribution in [3.63, 3.8) is 0 Å². The molecule has 1 aromatic heterocycles. The number of halogens is 1. The molecule has 1 atom stereocenters. The van der Waals surface area contributed by atoms with E-state index in [1.54, 1.807) is 12.1 Å². The summed E-state index contributed by atoms with van der Waals surface area (Å²) in [6, 6.07) is 5.28. The zero-order valence-electron chi connectivity index (χ0n) is 13.2. The zero-order valence-corrected chi connectivity index (χ0v) is 13.2. The molecule has 6 nitrogen and oxygen atoms in total. The monoisotopic (exact) mass is 327 g/mol. The van der Waals surface area contributed by atoms with E-state index in [1.165, 1.54) is 25.1 Å². The second-order valence-electron chi connectivity index (χ2n) is 6.83. The summed E-state index contributed by atoms with van der Waals surface area (Å²) in [7, 11) is 0. The molecular formula is C17H18FN5O. The number of aliphatic imine (C=N–C) groups is 1. The van der Waals surface area contributed by atoms with Crippen LogP contribution in [0.1, 0.15) is 12.8 Å². The molecule has 0 amide bonds. The number of hydrogen-bond acceptors (Lipinski definition) is 6. The Kier molecular flexibility index (Phi) is 3.00. The average molecular weight is 327 g/mol. The summed E-state index contributed by atoms with van der Waals surface area (Å²) in [4.78, 5) is 15.5. The molecule has 3 fully saturated rings. The Labute approximate surface area is 138 Å². The lowest BCUT2D eigenvalue weighted by Crippen LogP contribution is -2.61. The fourth-order valence-corrected chi connectivity index (χ4v) is 4.12. The SMILES string of the molecule is Fc1cccc2nc(NC3=NCC4(CN5CCC4CC5)O3)ncc12. The van der Waals surface area contributed by atoms with Crippen LogP contribution < -0.4 is 5.32 Å². The van der Waals surface area contributed by atoms with Gasteiger partial charge in [0.2, 0.25) is 5.95 Å². The highest BCUT2D eigenvalue weighted by molar-refractivity contribution is 5.90. The number of amidine groups is 1. The van der Waals surface area contributed by atoms with Crippen LogP contribution in [-0.2, 0) is 4.74 Å². The number of fused-ring (bicyclic) bond motifs is 3. The summed E-state index contributed by atoms with van der Waals surface area (Å²) in [5.74, 6) is 0.627. The van der Waals surface area contributed by atoms with Gasteiger partial charge < -0.3 is 4.74 Å². The molecule has 3 saturated heterocycles. The van der Waals surface area contributed by atoms with Crippen molar-refractivity contribution in [2.24, 2.45) is 10.9 Å². The van der Waals surface area contributed by atoms with Crippen LogP contribution >= 0.6 is 0 Å². The quantitative estimate of drug-likeness (QED) is 0.868. The van der Waals surface area contributed by atoms with Gasteiger partial charge in [-0.05, 0) is 38.1 Å². The number of nitrogens with zero attached hydrogens (tertiary/aromatic N) is 4. The van der Waals surface area contributed by atoms with Crippen LogP contribution in [0.15, 0.2) is 29.4 Å². The van der Waals surface area contributed by atoms with Crippen molar-refractivity contribution in [3.05, 3.63) is 30.2 Å². The first-order valence-electron chi connectivity index (χ1n) is 8.36. The molecule has 1 unspecified atom stereocenters. The third-order valence-corrected chi connectivity index (χ3v) is 5.40. The average Bonchev–Trinajstić information content (AvgIpc) is 2.98. The number of benzene rings is 1. The number of aromatic nitrogens is 2. The normalized spacial score (nSPS) is 31.3. The molecule has 4 aliphatic heterocycles. The summed E-state index contributed by atoms with van der Waals surface area (Å²) in [5.41, 5.74) is 0.366. The van der Waals surface area contributed by atoms with Crippen LogP contribution in [0.5, 0.6) is 0 Å². The second-order valence-corrected chi connectivity index (χ2v) is 6.83. The van der Waals surface area contributed by atoms with E-state index in [4.69, 9.17) is 4.74 Å². The molecule has 2 bridgehead atoms. The second kappa shape index (κ2) is 5.11. The zero-order chi connectivity index (χ0) is 16.1. The molecule has 0 aliphatic carbocycles. The van der Waals surface area contributed by atoms with Gasteiger partial charge in [-0.1, -0.05) is 6.07 Å². The molecule has 5 heterocycles.